The lowest BCUT2D eigenvalue weighted by atomic mass is 9.98. The molecule has 194 valence electrons. The minimum absolute atomic E-state index is 0.110. The predicted molar refractivity (Wildman–Crippen MR) is 148 cm³/mol. The van der Waals surface area contributed by atoms with Crippen LogP contribution in [0.5, 0.6) is 0 Å². The van der Waals surface area contributed by atoms with Gasteiger partial charge in [-0.1, -0.05) is 6.07 Å². The van der Waals surface area contributed by atoms with Crippen LogP contribution in [0.3, 0.4) is 0 Å². The van der Waals surface area contributed by atoms with E-state index in [0.717, 1.165) is 89.8 Å². The van der Waals surface area contributed by atoms with Crippen molar-refractivity contribution in [3.05, 3.63) is 52.7 Å². The van der Waals surface area contributed by atoms with Crippen molar-refractivity contribution in [3.63, 3.8) is 0 Å². The maximum absolute atomic E-state index is 12.7. The van der Waals surface area contributed by atoms with Gasteiger partial charge in [-0.25, -0.2) is 9.78 Å². The van der Waals surface area contributed by atoms with E-state index in [4.69, 9.17) is 14.7 Å². The monoisotopic (exact) mass is 500 g/mol. The lowest BCUT2D eigenvalue weighted by Crippen LogP contribution is -2.42. The quantitative estimate of drug-likeness (QED) is 0.440. The van der Waals surface area contributed by atoms with Crippen molar-refractivity contribution < 1.29 is 4.74 Å². The third-order valence-corrected chi connectivity index (χ3v) is 8.56. The Bertz CT molecular complexity index is 1480. The second-order valence-corrected chi connectivity index (χ2v) is 10.9. The third-order valence-electron chi connectivity index (χ3n) is 8.56. The molecule has 1 aliphatic heterocycles. The van der Waals surface area contributed by atoms with Gasteiger partial charge in [0.2, 0.25) is 0 Å². The Labute approximate surface area is 217 Å². The van der Waals surface area contributed by atoms with Crippen LogP contribution in [-0.2, 0) is 11.8 Å². The average molecular weight is 501 g/mol. The molecule has 37 heavy (non-hydrogen) atoms. The Morgan fingerprint density at radius 1 is 1.05 bits per heavy atom. The Kier molecular flexibility index (Phi) is 6.24. The van der Waals surface area contributed by atoms with Gasteiger partial charge in [-0.15, -0.1) is 0 Å². The van der Waals surface area contributed by atoms with Gasteiger partial charge in [-0.05, 0) is 76.0 Å². The summed E-state index contributed by atoms with van der Waals surface area (Å²) in [6.07, 6.45) is 7.52. The lowest BCUT2D eigenvalue weighted by molar-refractivity contribution is 0.108. The van der Waals surface area contributed by atoms with Crippen molar-refractivity contribution in [2.24, 2.45) is 7.05 Å². The summed E-state index contributed by atoms with van der Waals surface area (Å²) in [6, 6.07) is 11.2. The highest BCUT2D eigenvalue weighted by molar-refractivity contribution is 6.04. The Balaban J connectivity index is 1.33. The molecule has 2 aliphatic rings. The third kappa shape index (κ3) is 4.32. The van der Waals surface area contributed by atoms with Crippen molar-refractivity contribution in [3.8, 4) is 11.1 Å². The van der Waals surface area contributed by atoms with Gasteiger partial charge in [0.15, 0.2) is 0 Å². The molecule has 1 aliphatic carbocycles. The Hall–Kier alpha value is -3.23. The van der Waals surface area contributed by atoms with Gasteiger partial charge in [-0.3, -0.25) is 9.55 Å². The zero-order valence-electron chi connectivity index (χ0n) is 22.2. The van der Waals surface area contributed by atoms with Gasteiger partial charge >= 0.3 is 5.69 Å². The zero-order chi connectivity index (χ0) is 25.7. The molecule has 8 heteroatoms. The fourth-order valence-electron chi connectivity index (χ4n) is 6.25. The highest BCUT2D eigenvalue weighted by atomic mass is 16.5. The number of pyridine rings is 2. The predicted octanol–water partition coefficient (Wildman–Crippen LogP) is 4.29. The molecule has 8 nitrogen and oxygen atoms in total. The largest absolute Gasteiger partial charge is 0.381 e. The molecular weight excluding hydrogens is 464 g/mol. The molecule has 1 saturated heterocycles. The van der Waals surface area contributed by atoms with Crippen molar-refractivity contribution >= 4 is 27.8 Å². The van der Waals surface area contributed by atoms with E-state index < -0.39 is 0 Å². The van der Waals surface area contributed by atoms with E-state index in [2.05, 4.69) is 59.2 Å². The van der Waals surface area contributed by atoms with Crippen LogP contribution >= 0.6 is 0 Å². The number of benzene rings is 1. The van der Waals surface area contributed by atoms with Crippen LogP contribution in [0.15, 0.2) is 41.3 Å². The number of nitrogens with one attached hydrogen (secondary N) is 1. The second-order valence-electron chi connectivity index (χ2n) is 10.9. The molecule has 0 radical (unpaired) electrons. The number of aromatic nitrogens is 4. The number of hydrogen-bond donors (Lipinski definition) is 1. The molecule has 1 saturated carbocycles. The number of aryl methyl sites for hydroxylation is 1. The van der Waals surface area contributed by atoms with Crippen LogP contribution in [0.4, 0.5) is 5.82 Å². The van der Waals surface area contributed by atoms with Crippen molar-refractivity contribution in [2.45, 2.75) is 50.2 Å². The topological polar surface area (TPSA) is 79.3 Å². The van der Waals surface area contributed by atoms with E-state index in [0.29, 0.717) is 6.04 Å². The first-order chi connectivity index (χ1) is 17.9. The summed E-state index contributed by atoms with van der Waals surface area (Å²) in [5.74, 6) is 1.33. The highest BCUT2D eigenvalue weighted by Gasteiger charge is 2.30. The van der Waals surface area contributed by atoms with E-state index in [9.17, 15) is 4.79 Å². The summed E-state index contributed by atoms with van der Waals surface area (Å²) >= 11 is 0. The van der Waals surface area contributed by atoms with E-state index in [1.807, 2.05) is 13.2 Å². The van der Waals surface area contributed by atoms with Gasteiger partial charge in [0.25, 0.3) is 0 Å². The molecule has 0 spiro atoms. The van der Waals surface area contributed by atoms with Crippen LogP contribution < -0.4 is 10.6 Å². The molecule has 1 aromatic carbocycles. The number of piperidine rings is 1. The molecule has 0 unspecified atom stereocenters. The average Bonchev–Trinajstić information content (AvgIpc) is 3.53. The summed E-state index contributed by atoms with van der Waals surface area (Å²) in [5.41, 5.74) is 5.69. The van der Waals surface area contributed by atoms with Crippen LogP contribution in [0.1, 0.15) is 43.7 Å². The van der Waals surface area contributed by atoms with Crippen LogP contribution in [-0.4, -0.2) is 70.9 Å². The highest BCUT2D eigenvalue weighted by Crippen LogP contribution is 2.39. The first-order valence-corrected chi connectivity index (χ1v) is 13.4. The number of anilines is 1. The van der Waals surface area contributed by atoms with Gasteiger partial charge in [0.1, 0.15) is 5.82 Å². The van der Waals surface area contributed by atoms with Crippen molar-refractivity contribution in [1.29, 1.82) is 0 Å². The lowest BCUT2D eigenvalue weighted by Gasteiger charge is -2.35. The zero-order valence-corrected chi connectivity index (χ0v) is 22.2. The van der Waals surface area contributed by atoms with Gasteiger partial charge < -0.3 is 19.5 Å². The van der Waals surface area contributed by atoms with Gasteiger partial charge in [0, 0.05) is 56.4 Å². The number of ether oxygens (including phenoxy) is 1. The number of methoxy groups -OCH3 is 1. The minimum atomic E-state index is -0.110. The first kappa shape index (κ1) is 24.1. The summed E-state index contributed by atoms with van der Waals surface area (Å²) in [5, 5.41) is 0.963. The first-order valence-electron chi connectivity index (χ1n) is 13.4. The fourth-order valence-corrected chi connectivity index (χ4v) is 6.25. The van der Waals surface area contributed by atoms with Crippen LogP contribution in [0.25, 0.3) is 33.1 Å². The molecule has 2 atom stereocenters. The van der Waals surface area contributed by atoms with Crippen molar-refractivity contribution in [2.75, 3.05) is 39.2 Å². The number of H-pyrrole nitrogens is 1. The fraction of sp³-hybridized carbons (Fsp3) is 0.483. The van der Waals surface area contributed by atoms with Gasteiger partial charge in [-0.2, -0.15) is 0 Å². The molecular formula is C29H36N6O2. The normalized spacial score (nSPS) is 21.1. The van der Waals surface area contributed by atoms with E-state index in [-0.39, 0.29) is 17.7 Å². The number of fused-ring (bicyclic) bond motifs is 3. The number of nitrogens with zero attached hydrogens (tertiary/aromatic N) is 5. The molecule has 1 N–H and O–H groups in total. The maximum Gasteiger partial charge on any atom is 0.326 e. The summed E-state index contributed by atoms with van der Waals surface area (Å²) < 4.78 is 7.32. The smallest absolute Gasteiger partial charge is 0.326 e. The maximum atomic E-state index is 12.7. The second kappa shape index (κ2) is 9.58. The van der Waals surface area contributed by atoms with Crippen LogP contribution in [0, 0.1) is 0 Å². The van der Waals surface area contributed by atoms with Crippen LogP contribution in [0.2, 0.25) is 0 Å². The molecule has 0 bridgehead atoms. The van der Waals surface area contributed by atoms with Gasteiger partial charge in [0.05, 0.1) is 28.3 Å². The summed E-state index contributed by atoms with van der Waals surface area (Å²) in [4.78, 5) is 30.4. The molecule has 2 fully saturated rings. The standard InChI is InChI=1S/C29H36N6O2/c1-33(2)21-11-13-35(14-12-21)25-10-7-20(17-30-25)18-6-9-24-23(16-18)27-28(34(3)29(36)32-27)26(31-24)19-5-8-22(15-19)37-4/h6-7,9-10,16-17,19,21-22H,5,8,11-15H2,1-4H3,(H,32,36)/t19-,22-/m0/s1. The van der Waals surface area contributed by atoms with Crippen molar-refractivity contribution in [1.82, 2.24) is 24.4 Å². The number of imidazole rings is 1. The molecule has 3 aromatic heterocycles. The summed E-state index contributed by atoms with van der Waals surface area (Å²) in [7, 11) is 7.93. The Morgan fingerprint density at radius 3 is 2.51 bits per heavy atom. The number of aromatic amines is 1. The summed E-state index contributed by atoms with van der Waals surface area (Å²) in [6.45, 7) is 2.06. The van der Waals surface area contributed by atoms with E-state index in [1.54, 1.807) is 11.7 Å². The van der Waals surface area contributed by atoms with E-state index >= 15 is 0 Å². The number of hydrogen-bond acceptors (Lipinski definition) is 6. The Morgan fingerprint density at radius 2 is 1.84 bits per heavy atom. The minimum Gasteiger partial charge on any atom is -0.381 e. The SMILES string of the molecule is CO[C@H]1CC[C@H](c2nc3ccc(-c4ccc(N5CCC(N(C)C)CC5)nc4)cc3c3[nH]c(=O)n(C)c23)C1. The molecule has 0 amide bonds. The molecule has 4 aromatic rings. The van der Waals surface area contributed by atoms with E-state index in [1.165, 1.54) is 0 Å². The molecule has 6 rings (SSSR count). The number of rotatable bonds is 5. The molecule has 4 heterocycles.